The largest absolute Gasteiger partial charge is 0.304 e. The summed E-state index contributed by atoms with van der Waals surface area (Å²) in [6, 6.07) is 13.5. The van der Waals surface area contributed by atoms with Crippen molar-refractivity contribution in [3.05, 3.63) is 63.6 Å². The Hall–Kier alpha value is -1.49. The molecular weight excluding hydrogens is 387 g/mol. The van der Waals surface area contributed by atoms with Gasteiger partial charge in [-0.3, -0.25) is 4.79 Å². The molecule has 0 aliphatic carbocycles. The van der Waals surface area contributed by atoms with Gasteiger partial charge in [0.25, 0.3) is 0 Å². The monoisotopic (exact) mass is 406 g/mol. The normalized spacial score (nSPS) is 18.3. The molecule has 1 atom stereocenters. The van der Waals surface area contributed by atoms with Crippen LogP contribution in [0.5, 0.6) is 0 Å². The second kappa shape index (κ2) is 8.94. The zero-order valence-corrected chi connectivity index (χ0v) is 16.8. The molecule has 0 radical (unpaired) electrons. The van der Waals surface area contributed by atoms with Crippen LogP contribution in [0.1, 0.15) is 30.9 Å². The highest BCUT2D eigenvalue weighted by atomic mass is 35.5. The zero-order valence-electron chi connectivity index (χ0n) is 14.5. The number of nitrogens with one attached hydrogen (secondary N) is 1. The van der Waals surface area contributed by atoms with E-state index in [9.17, 15) is 4.79 Å². The van der Waals surface area contributed by atoms with E-state index in [2.05, 4.69) is 29.4 Å². The average Bonchev–Trinajstić information content (AvgIpc) is 2.96. The van der Waals surface area contributed by atoms with Gasteiger partial charge in [0.15, 0.2) is 5.17 Å². The van der Waals surface area contributed by atoms with Gasteiger partial charge in [-0.2, -0.15) is 0 Å². The number of benzene rings is 2. The molecular formula is C20H20Cl2N2OS. The number of halogens is 2. The lowest BCUT2D eigenvalue weighted by Gasteiger charge is -2.07. The van der Waals surface area contributed by atoms with Crippen LogP contribution in [0.25, 0.3) is 0 Å². The third-order valence-corrected chi connectivity index (χ3v) is 5.86. The van der Waals surface area contributed by atoms with Crippen molar-refractivity contribution in [1.82, 2.24) is 5.32 Å². The minimum atomic E-state index is -0.256. The molecule has 1 amide bonds. The van der Waals surface area contributed by atoms with E-state index in [1.165, 1.54) is 30.2 Å². The number of rotatable bonds is 6. The first-order valence-corrected chi connectivity index (χ1v) is 10.3. The Bertz CT molecular complexity index is 821. The number of aliphatic imine (C=N–C) groups is 1. The molecule has 3 rings (SSSR count). The lowest BCUT2D eigenvalue weighted by molar-refractivity contribution is -0.118. The minimum absolute atomic E-state index is 0.0515. The molecule has 1 aliphatic heterocycles. The summed E-state index contributed by atoms with van der Waals surface area (Å²) >= 11 is 13.7. The summed E-state index contributed by atoms with van der Waals surface area (Å²) in [5.41, 5.74) is 3.02. The van der Waals surface area contributed by atoms with Crippen molar-refractivity contribution < 1.29 is 4.79 Å². The van der Waals surface area contributed by atoms with E-state index in [1.54, 1.807) is 12.1 Å². The summed E-state index contributed by atoms with van der Waals surface area (Å²) < 4.78 is 0. The van der Waals surface area contributed by atoms with E-state index in [4.69, 9.17) is 23.2 Å². The molecule has 0 unspecified atom stereocenters. The second-order valence-electron chi connectivity index (χ2n) is 6.22. The maximum Gasteiger partial charge on any atom is 0.239 e. The summed E-state index contributed by atoms with van der Waals surface area (Å²) in [6.45, 7) is 2.19. The molecule has 6 heteroatoms. The summed E-state index contributed by atoms with van der Waals surface area (Å²) in [5.74, 6) is -0.0515. The molecule has 0 aromatic heterocycles. The van der Waals surface area contributed by atoms with Crippen molar-refractivity contribution >= 4 is 51.7 Å². The molecule has 136 valence electrons. The van der Waals surface area contributed by atoms with Gasteiger partial charge in [-0.25, -0.2) is 4.99 Å². The van der Waals surface area contributed by atoms with Gasteiger partial charge >= 0.3 is 0 Å². The minimum Gasteiger partial charge on any atom is -0.304 e. The van der Waals surface area contributed by atoms with E-state index in [0.29, 0.717) is 21.6 Å². The molecule has 1 fully saturated rings. The van der Waals surface area contributed by atoms with Crippen LogP contribution in [-0.4, -0.2) is 16.3 Å². The Morgan fingerprint density at radius 1 is 1.15 bits per heavy atom. The summed E-state index contributed by atoms with van der Waals surface area (Å²) in [5, 5.41) is 4.46. The highest BCUT2D eigenvalue weighted by molar-refractivity contribution is 8.15. The summed E-state index contributed by atoms with van der Waals surface area (Å²) in [6.07, 6.45) is 3.98. The highest BCUT2D eigenvalue weighted by Crippen LogP contribution is 2.29. The van der Waals surface area contributed by atoms with Gasteiger partial charge in [-0.05, 0) is 60.7 Å². The molecule has 1 saturated heterocycles. The topological polar surface area (TPSA) is 41.5 Å². The molecule has 1 N–H and O–H groups in total. The van der Waals surface area contributed by atoms with Gasteiger partial charge < -0.3 is 5.32 Å². The van der Waals surface area contributed by atoms with E-state index >= 15 is 0 Å². The predicted octanol–water partition coefficient (Wildman–Crippen LogP) is 5.80. The van der Waals surface area contributed by atoms with Crippen molar-refractivity contribution in [3.8, 4) is 0 Å². The number of amides is 1. The molecule has 3 nitrogen and oxygen atoms in total. The maximum atomic E-state index is 12.3. The standard InChI is InChI=1S/C20H20Cl2N2OS/c1-2-3-4-13-5-8-16(9-6-13)23-20-24-19(25)18(26-20)12-14-11-15(21)7-10-17(14)22/h5-11,18H,2-4,12H2,1H3,(H,23,24,25)/t18-/m0/s1. The first kappa shape index (κ1) is 19.3. The van der Waals surface area contributed by atoms with E-state index in [1.807, 2.05) is 18.2 Å². The number of unbranched alkanes of at least 4 members (excludes halogenated alkanes) is 1. The molecule has 1 heterocycles. The Kier molecular flexibility index (Phi) is 6.63. The lowest BCUT2D eigenvalue weighted by atomic mass is 10.1. The molecule has 0 bridgehead atoms. The smallest absolute Gasteiger partial charge is 0.239 e. The Morgan fingerprint density at radius 2 is 1.92 bits per heavy atom. The number of nitrogens with zero attached hydrogens (tertiary/aromatic N) is 1. The Labute approximate surface area is 168 Å². The van der Waals surface area contributed by atoms with Crippen LogP contribution in [0.4, 0.5) is 5.69 Å². The van der Waals surface area contributed by atoms with Gasteiger partial charge in [-0.1, -0.05) is 60.4 Å². The van der Waals surface area contributed by atoms with Crippen molar-refractivity contribution in [2.45, 2.75) is 37.9 Å². The fourth-order valence-corrected chi connectivity index (χ4v) is 4.13. The van der Waals surface area contributed by atoms with Crippen LogP contribution in [0, 0.1) is 0 Å². The summed E-state index contributed by atoms with van der Waals surface area (Å²) in [7, 11) is 0. The van der Waals surface area contributed by atoms with Crippen LogP contribution >= 0.6 is 35.0 Å². The van der Waals surface area contributed by atoms with Crippen LogP contribution in [0.3, 0.4) is 0 Å². The van der Waals surface area contributed by atoms with Crippen LogP contribution in [0.15, 0.2) is 47.5 Å². The molecule has 0 saturated carbocycles. The maximum absolute atomic E-state index is 12.3. The van der Waals surface area contributed by atoms with Crippen LogP contribution in [-0.2, 0) is 17.6 Å². The number of carbonyl (C=O) groups is 1. The highest BCUT2D eigenvalue weighted by Gasteiger charge is 2.30. The fraction of sp³-hybridized carbons (Fsp3) is 0.300. The molecule has 26 heavy (non-hydrogen) atoms. The zero-order chi connectivity index (χ0) is 18.5. The number of amidine groups is 1. The van der Waals surface area contributed by atoms with E-state index in [-0.39, 0.29) is 11.2 Å². The van der Waals surface area contributed by atoms with Crippen molar-refractivity contribution in [3.63, 3.8) is 0 Å². The number of thioether (sulfide) groups is 1. The Balaban J connectivity index is 1.67. The predicted molar refractivity (Wildman–Crippen MR) is 112 cm³/mol. The number of hydrogen-bond acceptors (Lipinski definition) is 3. The molecule has 0 spiro atoms. The SMILES string of the molecule is CCCCc1ccc(N=C2NC(=O)[C@H](Cc3cc(Cl)ccc3Cl)S2)cc1. The number of hydrogen-bond donors (Lipinski definition) is 1. The van der Waals surface area contributed by atoms with Gasteiger partial charge in [0.05, 0.1) is 10.9 Å². The first-order valence-electron chi connectivity index (χ1n) is 8.64. The molecule has 2 aromatic carbocycles. The second-order valence-corrected chi connectivity index (χ2v) is 8.26. The quantitative estimate of drug-likeness (QED) is 0.658. The van der Waals surface area contributed by atoms with Crippen molar-refractivity contribution in [1.29, 1.82) is 0 Å². The van der Waals surface area contributed by atoms with Gasteiger partial charge in [0.1, 0.15) is 0 Å². The van der Waals surface area contributed by atoms with Crippen LogP contribution < -0.4 is 5.32 Å². The van der Waals surface area contributed by atoms with Crippen LogP contribution in [0.2, 0.25) is 10.0 Å². The third kappa shape index (κ3) is 5.03. The lowest BCUT2D eigenvalue weighted by Crippen LogP contribution is -2.26. The van der Waals surface area contributed by atoms with E-state index in [0.717, 1.165) is 17.7 Å². The summed E-state index contributed by atoms with van der Waals surface area (Å²) in [4.78, 5) is 16.8. The van der Waals surface area contributed by atoms with Gasteiger partial charge in [0.2, 0.25) is 5.91 Å². The number of aryl methyl sites for hydroxylation is 1. The van der Waals surface area contributed by atoms with Crippen molar-refractivity contribution in [2.24, 2.45) is 4.99 Å². The van der Waals surface area contributed by atoms with Gasteiger partial charge in [-0.15, -0.1) is 0 Å². The third-order valence-electron chi connectivity index (χ3n) is 4.18. The number of carbonyl (C=O) groups excluding carboxylic acids is 1. The first-order chi connectivity index (χ1) is 12.5. The van der Waals surface area contributed by atoms with Gasteiger partial charge in [0, 0.05) is 10.0 Å². The van der Waals surface area contributed by atoms with E-state index < -0.39 is 0 Å². The van der Waals surface area contributed by atoms with Crippen molar-refractivity contribution in [2.75, 3.05) is 0 Å². The fourth-order valence-electron chi connectivity index (χ4n) is 2.73. The molecule has 1 aliphatic rings. The average molecular weight is 407 g/mol. The Morgan fingerprint density at radius 3 is 2.65 bits per heavy atom. The molecule has 2 aromatic rings.